The molecule has 0 fully saturated rings. The van der Waals surface area contributed by atoms with Crippen LogP contribution in [0.1, 0.15) is 31.1 Å². The first-order chi connectivity index (χ1) is 13.4. The molecule has 1 aliphatic heterocycles. The Hall–Kier alpha value is -2.41. The molecule has 0 aliphatic carbocycles. The first-order valence-electron chi connectivity index (χ1n) is 8.15. The van der Waals surface area contributed by atoms with Crippen molar-refractivity contribution in [2.45, 2.75) is 0 Å². The Morgan fingerprint density at radius 2 is 1.29 bits per heavy atom. The van der Waals surface area contributed by atoms with E-state index in [-0.39, 0.29) is 43.1 Å². The summed E-state index contributed by atoms with van der Waals surface area (Å²) in [4.78, 5) is 32.5. The second kappa shape index (κ2) is 15.6. The molecule has 1 aromatic rings. The number of hydrogen-bond donors (Lipinski definition) is 5. The molecule has 5 N–H and O–H groups in total. The summed E-state index contributed by atoms with van der Waals surface area (Å²) in [5.74, 6) is -2.69. The van der Waals surface area contributed by atoms with Gasteiger partial charge in [-0.2, -0.15) is 0 Å². The van der Waals surface area contributed by atoms with Gasteiger partial charge in [0.1, 0.15) is 0 Å². The molecule has 0 spiro atoms. The van der Waals surface area contributed by atoms with Crippen LogP contribution in [-0.4, -0.2) is 96.3 Å². The lowest BCUT2D eigenvalue weighted by atomic mass is 10.1. The van der Waals surface area contributed by atoms with E-state index in [4.69, 9.17) is 35.0 Å². The summed E-state index contributed by atoms with van der Waals surface area (Å²) in [6.07, 6.45) is 0. The molecule has 0 saturated heterocycles. The third-order valence-corrected chi connectivity index (χ3v) is 2.83. The van der Waals surface area contributed by atoms with Crippen molar-refractivity contribution in [1.82, 2.24) is 0 Å². The number of carbonyl (C=O) groups is 3. The molecule has 2 rings (SSSR count). The van der Waals surface area contributed by atoms with Gasteiger partial charge < -0.3 is 39.7 Å². The second-order valence-electron chi connectivity index (χ2n) is 4.86. The van der Waals surface area contributed by atoms with Crippen LogP contribution in [0.5, 0.6) is 0 Å². The predicted molar refractivity (Wildman–Crippen MR) is 93.1 cm³/mol. The van der Waals surface area contributed by atoms with Gasteiger partial charge in [0, 0.05) is 0 Å². The van der Waals surface area contributed by atoms with Crippen molar-refractivity contribution in [3.8, 4) is 0 Å². The average molecular weight is 404 g/mol. The molecule has 11 heteroatoms. The van der Waals surface area contributed by atoms with Gasteiger partial charge in [-0.25, -0.2) is 14.4 Å². The van der Waals surface area contributed by atoms with Gasteiger partial charge in [-0.15, -0.1) is 0 Å². The first kappa shape index (κ1) is 25.6. The zero-order chi connectivity index (χ0) is 21.4. The van der Waals surface area contributed by atoms with E-state index in [9.17, 15) is 14.4 Å². The third-order valence-electron chi connectivity index (χ3n) is 2.83. The van der Waals surface area contributed by atoms with Crippen molar-refractivity contribution in [3.63, 3.8) is 0 Å². The van der Waals surface area contributed by atoms with Gasteiger partial charge in [-0.3, -0.25) is 0 Å². The van der Waals surface area contributed by atoms with Crippen LogP contribution in [0.3, 0.4) is 0 Å². The summed E-state index contributed by atoms with van der Waals surface area (Å²) < 4.78 is 14.0. The summed E-state index contributed by atoms with van der Waals surface area (Å²) in [6, 6.07) is 3.65. The molecule has 0 bridgehead atoms. The molecule has 0 radical (unpaired) electrons. The fourth-order valence-electron chi connectivity index (χ4n) is 1.67. The number of rotatable bonds is 9. The van der Waals surface area contributed by atoms with E-state index >= 15 is 0 Å². The minimum absolute atomic E-state index is 0.00917. The number of aliphatic hydroxyl groups excluding tert-OH is 4. The molecule has 1 aliphatic rings. The Labute approximate surface area is 160 Å². The van der Waals surface area contributed by atoms with E-state index in [2.05, 4.69) is 4.74 Å². The lowest BCUT2D eigenvalue weighted by Gasteiger charge is -2.01. The van der Waals surface area contributed by atoms with E-state index in [1.165, 1.54) is 12.1 Å². The van der Waals surface area contributed by atoms with Gasteiger partial charge in [0.25, 0.3) is 0 Å². The van der Waals surface area contributed by atoms with Gasteiger partial charge >= 0.3 is 17.9 Å². The van der Waals surface area contributed by atoms with E-state index in [0.717, 1.165) is 6.07 Å². The highest BCUT2D eigenvalue weighted by molar-refractivity contribution is 6.15. The molecule has 11 nitrogen and oxygen atoms in total. The van der Waals surface area contributed by atoms with Gasteiger partial charge in [0.15, 0.2) is 0 Å². The monoisotopic (exact) mass is 404 g/mol. The normalized spacial score (nSPS) is 11.6. The number of benzene rings is 1. The number of ether oxygens (including phenoxy) is 3. The highest BCUT2D eigenvalue weighted by atomic mass is 16.6. The van der Waals surface area contributed by atoms with Crippen molar-refractivity contribution in [1.29, 1.82) is 0 Å². The van der Waals surface area contributed by atoms with Crippen LogP contribution in [0, 0.1) is 0 Å². The number of esters is 2. The largest absolute Gasteiger partial charge is 0.478 e. The van der Waals surface area contributed by atoms with Gasteiger partial charge in [0.2, 0.25) is 0 Å². The Bertz CT molecular complexity index is 605. The lowest BCUT2D eigenvalue weighted by molar-refractivity contribution is 0.0222. The van der Waals surface area contributed by atoms with Crippen LogP contribution in [-0.2, 0) is 14.2 Å². The second-order valence-corrected chi connectivity index (χ2v) is 4.86. The zero-order valence-electron chi connectivity index (χ0n) is 15.1. The number of aliphatic hydroxyl groups is 4. The average Bonchev–Trinajstić information content (AvgIpc) is 2.98. The van der Waals surface area contributed by atoms with Crippen molar-refractivity contribution >= 4 is 17.9 Å². The molecule has 0 saturated carbocycles. The number of carbonyl (C=O) groups excluding carboxylic acids is 2. The molecule has 0 unspecified atom stereocenters. The van der Waals surface area contributed by atoms with Crippen molar-refractivity contribution in [3.05, 3.63) is 34.9 Å². The standard InChI is InChI=1S/C9H4O5.C6H14O4.C2H6O2/c10-7(11)4-1-2-5-6(3-4)9(13)14-8(5)12;7-1-3-9-5-6-10-4-2-8;3-1-2-4/h1-3H,(H,10,11);7-8H,1-6H2;3-4H,1-2H2. The zero-order valence-corrected chi connectivity index (χ0v) is 15.1. The summed E-state index contributed by atoms with van der Waals surface area (Å²) in [7, 11) is 0. The molecule has 0 aromatic heterocycles. The molecule has 28 heavy (non-hydrogen) atoms. The van der Waals surface area contributed by atoms with Crippen LogP contribution in [0.25, 0.3) is 0 Å². The number of carboxylic acids is 1. The topological polar surface area (TPSA) is 180 Å². The van der Waals surface area contributed by atoms with E-state index in [1.54, 1.807) is 0 Å². The Balaban J connectivity index is 0.000000458. The van der Waals surface area contributed by atoms with Crippen LogP contribution >= 0.6 is 0 Å². The summed E-state index contributed by atoms with van der Waals surface area (Å²) in [5, 5.41) is 40.4. The van der Waals surface area contributed by atoms with E-state index in [0.29, 0.717) is 26.4 Å². The molecular formula is C17H24O11. The molecule has 158 valence electrons. The smallest absolute Gasteiger partial charge is 0.346 e. The number of fused-ring (bicyclic) bond motifs is 1. The maximum atomic E-state index is 11.0. The van der Waals surface area contributed by atoms with Gasteiger partial charge in [0.05, 0.1) is 69.5 Å². The predicted octanol–water partition coefficient (Wildman–Crippen LogP) is -1.33. The lowest BCUT2D eigenvalue weighted by Crippen LogP contribution is -2.09. The van der Waals surface area contributed by atoms with E-state index in [1.807, 2.05) is 0 Å². The maximum absolute atomic E-state index is 11.0. The van der Waals surface area contributed by atoms with Gasteiger partial charge in [-0.05, 0) is 18.2 Å². The van der Waals surface area contributed by atoms with Crippen LogP contribution < -0.4 is 0 Å². The Morgan fingerprint density at radius 1 is 0.786 bits per heavy atom. The highest BCUT2D eigenvalue weighted by Gasteiger charge is 2.30. The molecule has 0 amide bonds. The fourth-order valence-corrected chi connectivity index (χ4v) is 1.67. The van der Waals surface area contributed by atoms with Gasteiger partial charge in [-0.1, -0.05) is 0 Å². The Morgan fingerprint density at radius 3 is 1.71 bits per heavy atom. The minimum atomic E-state index is -1.15. The van der Waals surface area contributed by atoms with E-state index < -0.39 is 17.9 Å². The number of hydrogen-bond acceptors (Lipinski definition) is 10. The number of aromatic carboxylic acids is 1. The fraction of sp³-hybridized carbons (Fsp3) is 0.471. The minimum Gasteiger partial charge on any atom is -0.478 e. The highest BCUT2D eigenvalue weighted by Crippen LogP contribution is 2.20. The SMILES string of the molecule is O=C(O)c1ccc2c(c1)C(=O)OC2=O.OCCO.OCCOCCOCCO. The van der Waals surface area contributed by atoms with Crippen molar-refractivity contribution < 1.29 is 54.1 Å². The summed E-state index contributed by atoms with van der Waals surface area (Å²) >= 11 is 0. The van der Waals surface area contributed by atoms with Crippen molar-refractivity contribution in [2.75, 3.05) is 52.9 Å². The van der Waals surface area contributed by atoms with Crippen LogP contribution in [0.15, 0.2) is 18.2 Å². The maximum Gasteiger partial charge on any atom is 0.346 e. The molecular weight excluding hydrogens is 380 g/mol. The summed E-state index contributed by atoms with van der Waals surface area (Å²) in [6.45, 7) is 1.48. The van der Waals surface area contributed by atoms with Crippen molar-refractivity contribution in [2.24, 2.45) is 0 Å². The van der Waals surface area contributed by atoms with Crippen LogP contribution in [0.2, 0.25) is 0 Å². The Kier molecular flexibility index (Phi) is 14.3. The number of carboxylic acid groups (broad SMARTS) is 1. The van der Waals surface area contributed by atoms with Crippen LogP contribution in [0.4, 0.5) is 0 Å². The molecule has 1 heterocycles. The molecule has 1 aromatic carbocycles. The number of cyclic esters (lactones) is 2. The molecule has 0 atom stereocenters. The third kappa shape index (κ3) is 10.1. The summed E-state index contributed by atoms with van der Waals surface area (Å²) in [5.41, 5.74) is 0.0744. The first-order valence-corrected chi connectivity index (χ1v) is 8.15. The quantitative estimate of drug-likeness (QED) is 0.187.